The Morgan fingerprint density at radius 3 is 2.16 bits per heavy atom. The number of aryl methyl sites for hydroxylation is 3. The first-order valence-corrected chi connectivity index (χ1v) is 14.2. The van der Waals surface area contributed by atoms with Crippen molar-refractivity contribution in [3.63, 3.8) is 0 Å². The second-order valence-electron chi connectivity index (χ2n) is 6.48. The van der Waals surface area contributed by atoms with Crippen LogP contribution in [0.15, 0.2) is 36.5 Å². The molecule has 0 amide bonds. The molecule has 0 spiro atoms. The average molecular weight is 315 g/mol. The van der Waals surface area contributed by atoms with Crippen LogP contribution in [0.2, 0.25) is 17.3 Å². The van der Waals surface area contributed by atoms with E-state index in [1.54, 1.807) is 4.40 Å². The molecule has 0 fully saturated rings. The van der Waals surface area contributed by atoms with E-state index in [0.717, 1.165) is 0 Å². The zero-order valence-corrected chi connectivity index (χ0v) is 15.0. The molecular weight excluding hydrogens is 291 g/mol. The summed E-state index contributed by atoms with van der Waals surface area (Å²) in [5.74, 6) is 7.31. The molecule has 0 bridgehead atoms. The normalized spacial score (nSPS) is 11.7. The molecule has 0 saturated heterocycles. The maximum absolute atomic E-state index is 2.44. The molecule has 0 N–H and O–H groups in total. The van der Waals surface area contributed by atoms with Gasteiger partial charge in [0.15, 0.2) is 0 Å². The Hall–Kier alpha value is -1.09. The zero-order valence-electron chi connectivity index (χ0n) is 12.9. The molecule has 0 aliphatic heterocycles. The predicted octanol–water partition coefficient (Wildman–Crippen LogP) is 3.34. The summed E-state index contributed by atoms with van der Waals surface area (Å²) in [5, 5.41) is 0. The second kappa shape index (κ2) is 5.12. The molecule has 2 heteroatoms. The van der Waals surface area contributed by atoms with Crippen molar-refractivity contribution < 1.29 is 4.57 Å². The summed E-state index contributed by atoms with van der Waals surface area (Å²) in [5.41, 5.74) is 5.31. The number of rotatable bonds is 2. The topological polar surface area (TPSA) is 3.88 Å². The number of pyridine rings is 1. The van der Waals surface area contributed by atoms with E-state index in [-0.39, 0.29) is 0 Å². The van der Waals surface area contributed by atoms with E-state index in [0.29, 0.717) is 0 Å². The predicted molar refractivity (Wildman–Crippen MR) is 85.5 cm³/mol. The van der Waals surface area contributed by atoms with Crippen molar-refractivity contribution in [3.05, 3.63) is 47.7 Å². The molecule has 0 saturated carbocycles. The van der Waals surface area contributed by atoms with Crippen LogP contribution in [0, 0.1) is 13.8 Å². The third kappa shape index (κ3) is 3.09. The fraction of sp³-hybridized carbons (Fsp3) is 0.353. The molecule has 1 aromatic carbocycles. The first-order chi connectivity index (χ1) is 8.79. The molecule has 2 rings (SSSR count). The van der Waals surface area contributed by atoms with Crippen LogP contribution in [0.25, 0.3) is 11.3 Å². The van der Waals surface area contributed by atoms with Crippen LogP contribution in [0.5, 0.6) is 0 Å². The Kier molecular flexibility index (Phi) is 3.86. The molecule has 0 atom stereocenters. The van der Waals surface area contributed by atoms with Gasteiger partial charge in [0.2, 0.25) is 0 Å². The van der Waals surface area contributed by atoms with Gasteiger partial charge in [0.25, 0.3) is 0 Å². The van der Waals surface area contributed by atoms with Gasteiger partial charge >= 0.3 is 119 Å². The molecule has 1 aromatic heterocycles. The zero-order chi connectivity index (χ0) is 14.2. The molecule has 0 aliphatic rings. The van der Waals surface area contributed by atoms with Crippen molar-refractivity contribution in [1.29, 1.82) is 0 Å². The average Bonchev–Trinajstić information content (AvgIpc) is 2.28. The first kappa shape index (κ1) is 14.3. The van der Waals surface area contributed by atoms with Crippen LogP contribution in [0.1, 0.15) is 11.1 Å². The van der Waals surface area contributed by atoms with Crippen molar-refractivity contribution in [3.8, 4) is 11.3 Å². The van der Waals surface area contributed by atoms with Gasteiger partial charge < -0.3 is 0 Å². The van der Waals surface area contributed by atoms with Gasteiger partial charge in [-0.25, -0.2) is 0 Å². The van der Waals surface area contributed by atoms with Gasteiger partial charge in [-0.2, -0.15) is 0 Å². The molecular formula is C17H24GeN+. The maximum atomic E-state index is 2.44. The summed E-state index contributed by atoms with van der Waals surface area (Å²) in [6.45, 7) is 4.34. The molecule has 19 heavy (non-hydrogen) atoms. The summed E-state index contributed by atoms with van der Waals surface area (Å²) >= 11 is -1.73. The van der Waals surface area contributed by atoms with Crippen LogP contribution in [0.4, 0.5) is 0 Å². The van der Waals surface area contributed by atoms with Crippen molar-refractivity contribution in [2.45, 2.75) is 31.1 Å². The molecule has 1 heterocycles. The Balaban J connectivity index is 2.52. The van der Waals surface area contributed by atoms with Gasteiger partial charge in [-0.3, -0.25) is 0 Å². The summed E-state index contributed by atoms with van der Waals surface area (Å²) < 4.78 is 3.83. The number of nitrogens with zero attached hydrogens (tertiary/aromatic N) is 1. The summed E-state index contributed by atoms with van der Waals surface area (Å²) in [6.07, 6.45) is 2.33. The summed E-state index contributed by atoms with van der Waals surface area (Å²) in [7, 11) is 2.16. The van der Waals surface area contributed by atoms with Crippen LogP contribution in [-0.4, -0.2) is 13.3 Å². The molecule has 0 aliphatic carbocycles. The quantitative estimate of drug-likeness (QED) is 0.591. The Morgan fingerprint density at radius 2 is 1.63 bits per heavy atom. The van der Waals surface area contributed by atoms with Crippen molar-refractivity contribution in [2.75, 3.05) is 0 Å². The van der Waals surface area contributed by atoms with Crippen LogP contribution in [0.3, 0.4) is 0 Å². The fourth-order valence-electron chi connectivity index (χ4n) is 2.43. The van der Waals surface area contributed by atoms with E-state index >= 15 is 0 Å². The van der Waals surface area contributed by atoms with Crippen LogP contribution in [-0.2, 0) is 7.05 Å². The molecule has 0 radical (unpaired) electrons. The third-order valence-electron chi connectivity index (χ3n) is 3.66. The van der Waals surface area contributed by atoms with Crippen LogP contribution >= 0.6 is 0 Å². The fourth-order valence-corrected chi connectivity index (χ4v) is 4.87. The summed E-state index contributed by atoms with van der Waals surface area (Å²) in [6, 6.07) is 11.3. The Bertz CT molecular complexity index is 609. The Labute approximate surface area is 119 Å². The Morgan fingerprint density at radius 1 is 0.947 bits per heavy atom. The number of aromatic nitrogens is 1. The van der Waals surface area contributed by atoms with Crippen molar-refractivity contribution >= 4 is 17.7 Å². The van der Waals surface area contributed by atoms with E-state index in [2.05, 4.69) is 79.3 Å². The number of benzene rings is 1. The van der Waals surface area contributed by atoms with E-state index in [1.807, 2.05) is 0 Å². The third-order valence-corrected chi connectivity index (χ3v) is 7.91. The molecule has 2 aromatic rings. The second-order valence-corrected chi connectivity index (χ2v) is 17.1. The molecule has 100 valence electrons. The SMILES string of the molecule is Cc1ccc(-c2cc[c]([Ge]([CH3])([CH3])[CH3])c[n+]2C)c(C)c1. The van der Waals surface area contributed by atoms with E-state index in [9.17, 15) is 0 Å². The first-order valence-electron chi connectivity index (χ1n) is 6.87. The van der Waals surface area contributed by atoms with E-state index < -0.39 is 13.3 Å². The van der Waals surface area contributed by atoms with Crippen molar-refractivity contribution in [2.24, 2.45) is 7.05 Å². The minimum atomic E-state index is -1.73. The van der Waals surface area contributed by atoms with Gasteiger partial charge in [-0.05, 0) is 0 Å². The minimum absolute atomic E-state index is 1.30. The number of hydrogen-bond donors (Lipinski definition) is 0. The van der Waals surface area contributed by atoms with Crippen molar-refractivity contribution in [1.82, 2.24) is 0 Å². The van der Waals surface area contributed by atoms with E-state index in [4.69, 9.17) is 0 Å². The van der Waals surface area contributed by atoms with Gasteiger partial charge in [-0.15, -0.1) is 0 Å². The summed E-state index contributed by atoms with van der Waals surface area (Å²) in [4.78, 5) is 0. The number of hydrogen-bond acceptors (Lipinski definition) is 0. The molecule has 0 unspecified atom stereocenters. The van der Waals surface area contributed by atoms with Gasteiger partial charge in [0, 0.05) is 0 Å². The van der Waals surface area contributed by atoms with Crippen LogP contribution < -0.4 is 8.96 Å². The van der Waals surface area contributed by atoms with E-state index in [1.165, 1.54) is 22.4 Å². The van der Waals surface area contributed by atoms with Gasteiger partial charge in [0.05, 0.1) is 0 Å². The van der Waals surface area contributed by atoms with Gasteiger partial charge in [0.1, 0.15) is 0 Å². The molecule has 1 nitrogen and oxygen atoms in total. The standard InChI is InChI=1S/C17H24GeN/c1-13-7-9-16(14(2)11-13)17-10-8-15(12-19(17)6)18(3,4)5/h7-12H,1-6H3/q+1. The van der Waals surface area contributed by atoms with Gasteiger partial charge in [-0.1, -0.05) is 0 Å². The monoisotopic (exact) mass is 316 g/mol.